The number of ether oxygens (including phenoxy) is 4. The van der Waals surface area contributed by atoms with Gasteiger partial charge in [0.25, 0.3) is 0 Å². The summed E-state index contributed by atoms with van der Waals surface area (Å²) in [7, 11) is 0. The van der Waals surface area contributed by atoms with Crippen molar-refractivity contribution in [2.75, 3.05) is 13.2 Å². The molecule has 0 bridgehead atoms. The number of ketones is 2. The highest BCUT2D eigenvalue weighted by Gasteiger charge is 2.61. The molecule has 6 atom stereocenters. The second kappa shape index (κ2) is 11.3. The molecule has 4 aliphatic rings. The quantitative estimate of drug-likeness (QED) is 0.252. The van der Waals surface area contributed by atoms with E-state index in [1.165, 1.54) is 24.3 Å². The van der Waals surface area contributed by atoms with Gasteiger partial charge in [-0.25, -0.2) is 0 Å². The number of phenolic OH excluding ortho intramolecular Hbond substituents is 2. The molecule has 48 heavy (non-hydrogen) atoms. The van der Waals surface area contributed by atoms with E-state index in [0.29, 0.717) is 0 Å². The SMILES string of the molecule is CC(=O)O[C@H]1[C@@H](C)CC(=O)C2=C(O)c3c(ccc(-c4ccc(O)c5c4O[C@]4(CO)C(=C5O)C(=O)C[C@H](C)[C@@H]4OC(C)=O)c3O)O[C@]21CO. The van der Waals surface area contributed by atoms with Crippen molar-refractivity contribution in [2.45, 2.75) is 63.9 Å². The minimum absolute atomic E-state index is 0.00745. The smallest absolute Gasteiger partial charge is 0.303 e. The van der Waals surface area contributed by atoms with Crippen LogP contribution in [-0.4, -0.2) is 90.8 Å². The zero-order valence-electron chi connectivity index (χ0n) is 26.4. The maximum Gasteiger partial charge on any atom is 0.303 e. The number of esters is 2. The van der Waals surface area contributed by atoms with Gasteiger partial charge in [0.05, 0.1) is 24.4 Å². The van der Waals surface area contributed by atoms with Gasteiger partial charge in [0.15, 0.2) is 23.8 Å². The molecule has 2 aliphatic carbocycles. The van der Waals surface area contributed by atoms with Crippen molar-refractivity contribution in [3.63, 3.8) is 0 Å². The predicted molar refractivity (Wildman–Crippen MR) is 164 cm³/mol. The van der Waals surface area contributed by atoms with Gasteiger partial charge in [0.1, 0.15) is 45.6 Å². The molecule has 2 saturated carbocycles. The summed E-state index contributed by atoms with van der Waals surface area (Å²) in [5.41, 5.74) is -5.65. The Hall–Kier alpha value is -5.08. The Bertz CT molecular complexity index is 1860. The molecule has 14 heteroatoms. The molecule has 254 valence electrons. The van der Waals surface area contributed by atoms with Crippen LogP contribution in [0.25, 0.3) is 22.6 Å². The fourth-order valence-electron chi connectivity index (χ4n) is 7.60. The second-order valence-corrected chi connectivity index (χ2v) is 12.7. The van der Waals surface area contributed by atoms with Crippen LogP contribution in [-0.2, 0) is 28.7 Å². The Morgan fingerprint density at radius 1 is 0.750 bits per heavy atom. The molecule has 2 aromatic rings. The van der Waals surface area contributed by atoms with E-state index in [-0.39, 0.29) is 46.6 Å². The second-order valence-electron chi connectivity index (χ2n) is 12.7. The van der Waals surface area contributed by atoms with Crippen LogP contribution in [0.5, 0.6) is 23.0 Å². The molecule has 2 aromatic carbocycles. The fraction of sp³-hybridized carbons (Fsp3) is 0.412. The van der Waals surface area contributed by atoms with Crippen LogP contribution in [0.15, 0.2) is 35.4 Å². The molecule has 2 heterocycles. The summed E-state index contributed by atoms with van der Waals surface area (Å²) in [6.07, 6.45) is -2.76. The lowest BCUT2D eigenvalue weighted by molar-refractivity contribution is -0.172. The molecule has 0 unspecified atom stereocenters. The topological polar surface area (TPSA) is 227 Å². The lowest BCUT2D eigenvalue weighted by atomic mass is 9.69. The summed E-state index contributed by atoms with van der Waals surface area (Å²) >= 11 is 0. The van der Waals surface area contributed by atoms with Gasteiger partial charge in [0.2, 0.25) is 11.2 Å². The minimum Gasteiger partial charge on any atom is -0.507 e. The van der Waals surface area contributed by atoms with E-state index in [9.17, 15) is 49.8 Å². The highest BCUT2D eigenvalue weighted by atomic mass is 16.6. The summed E-state index contributed by atoms with van der Waals surface area (Å²) < 4.78 is 23.4. The Kier molecular flexibility index (Phi) is 7.71. The molecule has 2 aliphatic heterocycles. The maximum absolute atomic E-state index is 13.3. The Morgan fingerprint density at radius 2 is 1.23 bits per heavy atom. The lowest BCUT2D eigenvalue weighted by Crippen LogP contribution is -2.62. The molecule has 14 nitrogen and oxygen atoms in total. The number of phenols is 2. The number of fused-ring (bicyclic) bond motifs is 4. The van der Waals surface area contributed by atoms with Crippen molar-refractivity contribution in [2.24, 2.45) is 11.8 Å². The summed E-state index contributed by atoms with van der Waals surface area (Å²) in [6, 6.07) is 5.13. The number of aliphatic hydroxyl groups is 4. The van der Waals surface area contributed by atoms with E-state index in [2.05, 4.69) is 0 Å². The van der Waals surface area contributed by atoms with Gasteiger partial charge >= 0.3 is 11.9 Å². The van der Waals surface area contributed by atoms with Crippen molar-refractivity contribution < 1.29 is 68.8 Å². The van der Waals surface area contributed by atoms with Gasteiger partial charge in [0, 0.05) is 49.7 Å². The van der Waals surface area contributed by atoms with Crippen LogP contribution < -0.4 is 9.47 Å². The van der Waals surface area contributed by atoms with Crippen LogP contribution in [0.2, 0.25) is 0 Å². The molecule has 0 radical (unpaired) electrons. The third-order valence-electron chi connectivity index (χ3n) is 9.52. The summed E-state index contributed by atoms with van der Waals surface area (Å²) in [6.45, 7) is 3.74. The molecular formula is C34H34O14. The number of rotatable bonds is 5. The van der Waals surface area contributed by atoms with Crippen molar-refractivity contribution in [3.05, 3.63) is 46.5 Å². The Labute approximate surface area is 273 Å². The molecule has 6 rings (SSSR count). The summed E-state index contributed by atoms with van der Waals surface area (Å²) in [5.74, 6) is -7.02. The van der Waals surface area contributed by atoms with Gasteiger partial charge < -0.3 is 49.6 Å². The van der Waals surface area contributed by atoms with Crippen molar-refractivity contribution in [3.8, 4) is 34.1 Å². The van der Waals surface area contributed by atoms with Gasteiger partial charge in [-0.15, -0.1) is 0 Å². The van der Waals surface area contributed by atoms with Crippen molar-refractivity contribution in [1.82, 2.24) is 0 Å². The largest absolute Gasteiger partial charge is 0.507 e. The van der Waals surface area contributed by atoms with E-state index in [1.54, 1.807) is 13.8 Å². The summed E-state index contributed by atoms with van der Waals surface area (Å²) in [5, 5.41) is 66.9. The first-order valence-corrected chi connectivity index (χ1v) is 15.2. The number of hydrogen-bond donors (Lipinski definition) is 6. The van der Waals surface area contributed by atoms with Crippen molar-refractivity contribution >= 4 is 35.0 Å². The molecule has 0 spiro atoms. The first kappa shape index (κ1) is 32.8. The monoisotopic (exact) mass is 666 g/mol. The number of carbonyl (C=O) groups excluding carboxylic acids is 4. The zero-order valence-corrected chi connectivity index (χ0v) is 26.4. The number of Topliss-reactive ketones (excluding diaryl/α,β-unsaturated/α-hetero) is 2. The lowest BCUT2D eigenvalue weighted by Gasteiger charge is -2.48. The van der Waals surface area contributed by atoms with Crippen LogP contribution in [0.3, 0.4) is 0 Å². The highest BCUT2D eigenvalue weighted by Crippen LogP contribution is 2.56. The molecule has 0 saturated heterocycles. The van der Waals surface area contributed by atoms with Crippen LogP contribution >= 0.6 is 0 Å². The van der Waals surface area contributed by atoms with Gasteiger partial charge in [-0.3, -0.25) is 19.2 Å². The van der Waals surface area contributed by atoms with Crippen LogP contribution in [0, 0.1) is 11.8 Å². The molecule has 6 N–H and O–H groups in total. The number of aromatic hydroxyl groups is 2. The first-order chi connectivity index (χ1) is 22.6. The average Bonchev–Trinajstić information content (AvgIpc) is 3.01. The molecule has 2 fully saturated rings. The van der Waals surface area contributed by atoms with Crippen LogP contribution in [0.4, 0.5) is 0 Å². The average molecular weight is 667 g/mol. The Balaban J connectivity index is 1.57. The first-order valence-electron chi connectivity index (χ1n) is 15.2. The normalized spacial score (nSPS) is 29.1. The highest BCUT2D eigenvalue weighted by molar-refractivity contribution is 6.08. The number of benzene rings is 2. The number of aliphatic hydroxyl groups excluding tert-OH is 4. The molecule has 0 aromatic heterocycles. The third kappa shape index (κ3) is 4.46. The van der Waals surface area contributed by atoms with E-state index >= 15 is 0 Å². The standard InChI is InChI=1S/C34H34O14/c1-13-9-21(41)26-29(44)24-22(47-33(26,11-35)31(13)45-15(3)37)8-6-17(27(24)42)18-5-7-19(39)23-28(43)25-20(40)10-14(2)32(46-16(4)38)34(25,12-36)48-30(18)23/h5-8,13-14,31-32,35-36,39,42-44H,9-12H2,1-4H3/t13-,14-,31-,32-,33+,34+/m0/s1. The Morgan fingerprint density at radius 3 is 1.73 bits per heavy atom. The maximum atomic E-state index is 13.3. The molecular weight excluding hydrogens is 632 g/mol. The number of hydrogen-bond acceptors (Lipinski definition) is 14. The van der Waals surface area contributed by atoms with E-state index in [0.717, 1.165) is 13.8 Å². The number of carbonyl (C=O) groups is 4. The van der Waals surface area contributed by atoms with E-state index in [1.807, 2.05) is 0 Å². The predicted octanol–water partition coefficient (Wildman–Crippen LogP) is 2.63. The molecule has 0 amide bonds. The van der Waals surface area contributed by atoms with Gasteiger partial charge in [-0.2, -0.15) is 0 Å². The zero-order chi connectivity index (χ0) is 35.0. The van der Waals surface area contributed by atoms with Gasteiger partial charge in [-0.1, -0.05) is 13.8 Å². The van der Waals surface area contributed by atoms with E-state index in [4.69, 9.17) is 18.9 Å². The fourth-order valence-corrected chi connectivity index (χ4v) is 7.60. The van der Waals surface area contributed by atoms with E-state index < -0.39 is 106 Å². The summed E-state index contributed by atoms with van der Waals surface area (Å²) in [4.78, 5) is 50.7. The third-order valence-corrected chi connectivity index (χ3v) is 9.52. The van der Waals surface area contributed by atoms with Gasteiger partial charge in [-0.05, 0) is 24.3 Å². The minimum atomic E-state index is -2.10. The van der Waals surface area contributed by atoms with Crippen LogP contribution in [0.1, 0.15) is 51.7 Å². The van der Waals surface area contributed by atoms with Crippen molar-refractivity contribution in [1.29, 1.82) is 0 Å².